The molecule has 1 aliphatic rings. The van der Waals surface area contributed by atoms with E-state index in [9.17, 15) is 4.79 Å². The van der Waals surface area contributed by atoms with Gasteiger partial charge < -0.3 is 11.1 Å². The third-order valence-electron chi connectivity index (χ3n) is 0.987. The molecule has 1 aliphatic heterocycles. The second-order valence-corrected chi connectivity index (χ2v) is 1.54. The van der Waals surface area contributed by atoms with Crippen LogP contribution >= 0.6 is 0 Å². The van der Waals surface area contributed by atoms with Crippen LogP contribution < -0.4 is 11.1 Å². The average molecular weight is 113 g/mol. The SMILES string of the molecule is NC[C@@H]1N=CNC1=O. The maximum atomic E-state index is 10.5. The number of aliphatic imine (C=N–C) groups is 1. The summed E-state index contributed by atoms with van der Waals surface area (Å²) in [5.74, 6) is -0.104. The lowest BCUT2D eigenvalue weighted by Crippen LogP contribution is -2.30. The molecule has 0 aromatic carbocycles. The van der Waals surface area contributed by atoms with Gasteiger partial charge in [0.15, 0.2) is 0 Å². The van der Waals surface area contributed by atoms with Gasteiger partial charge in [-0.1, -0.05) is 0 Å². The van der Waals surface area contributed by atoms with E-state index in [4.69, 9.17) is 5.73 Å². The first-order chi connectivity index (χ1) is 3.84. The Morgan fingerprint density at radius 3 is 3.00 bits per heavy atom. The van der Waals surface area contributed by atoms with Crippen LogP contribution in [-0.2, 0) is 4.79 Å². The van der Waals surface area contributed by atoms with E-state index in [0.29, 0.717) is 6.54 Å². The molecule has 1 atom stereocenters. The van der Waals surface area contributed by atoms with Crippen molar-refractivity contribution in [1.29, 1.82) is 0 Å². The van der Waals surface area contributed by atoms with Gasteiger partial charge in [-0.2, -0.15) is 0 Å². The molecule has 0 fully saturated rings. The minimum atomic E-state index is -0.338. The number of carbonyl (C=O) groups excluding carboxylic acids is 1. The number of hydrogen-bond acceptors (Lipinski definition) is 3. The third kappa shape index (κ3) is 0.696. The summed E-state index contributed by atoms with van der Waals surface area (Å²) in [6.07, 6.45) is 1.37. The van der Waals surface area contributed by atoms with Gasteiger partial charge in [-0.05, 0) is 0 Å². The van der Waals surface area contributed by atoms with Gasteiger partial charge >= 0.3 is 0 Å². The molecule has 0 aliphatic carbocycles. The normalized spacial score (nSPS) is 26.1. The molecular formula is C4H7N3O. The lowest BCUT2D eigenvalue weighted by molar-refractivity contribution is -0.119. The molecule has 3 N–H and O–H groups in total. The molecule has 8 heavy (non-hydrogen) atoms. The van der Waals surface area contributed by atoms with Gasteiger partial charge in [-0.15, -0.1) is 0 Å². The Morgan fingerprint density at radius 1 is 2.00 bits per heavy atom. The second kappa shape index (κ2) is 1.92. The quantitative estimate of drug-likeness (QED) is 0.433. The predicted molar refractivity (Wildman–Crippen MR) is 29.5 cm³/mol. The standard InChI is InChI=1S/C4H7N3O/c5-1-3-4(8)7-2-6-3/h2-3H,1,5H2,(H,6,7,8)/t3-/m0/s1. The van der Waals surface area contributed by atoms with E-state index >= 15 is 0 Å². The number of nitrogens with one attached hydrogen (secondary N) is 1. The number of rotatable bonds is 1. The number of hydrogen-bond donors (Lipinski definition) is 2. The highest BCUT2D eigenvalue weighted by Gasteiger charge is 2.17. The van der Waals surface area contributed by atoms with E-state index in [-0.39, 0.29) is 11.9 Å². The third-order valence-corrected chi connectivity index (χ3v) is 0.987. The van der Waals surface area contributed by atoms with Crippen molar-refractivity contribution in [2.24, 2.45) is 10.7 Å². The number of carbonyl (C=O) groups is 1. The highest BCUT2D eigenvalue weighted by atomic mass is 16.2. The Morgan fingerprint density at radius 2 is 2.75 bits per heavy atom. The van der Waals surface area contributed by atoms with Crippen LogP contribution in [0.1, 0.15) is 0 Å². The molecule has 0 spiro atoms. The molecule has 0 unspecified atom stereocenters. The molecule has 1 amide bonds. The predicted octanol–water partition coefficient (Wildman–Crippen LogP) is -1.53. The van der Waals surface area contributed by atoms with Gasteiger partial charge in [0.2, 0.25) is 0 Å². The molecular weight excluding hydrogens is 106 g/mol. The molecule has 0 aromatic rings. The topological polar surface area (TPSA) is 67.5 Å². The van der Waals surface area contributed by atoms with Crippen molar-refractivity contribution in [1.82, 2.24) is 5.32 Å². The Hall–Kier alpha value is -0.900. The Labute approximate surface area is 46.8 Å². The summed E-state index contributed by atoms with van der Waals surface area (Å²) in [5.41, 5.74) is 5.15. The zero-order valence-electron chi connectivity index (χ0n) is 4.29. The van der Waals surface area contributed by atoms with E-state index in [2.05, 4.69) is 10.3 Å². The van der Waals surface area contributed by atoms with Gasteiger partial charge in [0.1, 0.15) is 6.04 Å². The van der Waals surface area contributed by atoms with Crippen LogP contribution in [-0.4, -0.2) is 24.8 Å². The summed E-state index contributed by atoms with van der Waals surface area (Å²) in [6, 6.07) is -0.338. The van der Waals surface area contributed by atoms with Crippen molar-refractivity contribution < 1.29 is 4.79 Å². The van der Waals surface area contributed by atoms with Gasteiger partial charge in [-0.3, -0.25) is 9.79 Å². The zero-order valence-corrected chi connectivity index (χ0v) is 4.29. The monoisotopic (exact) mass is 113 g/mol. The minimum Gasteiger partial charge on any atom is -0.328 e. The van der Waals surface area contributed by atoms with Crippen LogP contribution in [0.4, 0.5) is 0 Å². The first-order valence-electron chi connectivity index (χ1n) is 2.36. The van der Waals surface area contributed by atoms with Gasteiger partial charge in [0.05, 0.1) is 6.34 Å². The van der Waals surface area contributed by atoms with Gasteiger partial charge in [-0.25, -0.2) is 0 Å². The number of amides is 1. The fraction of sp³-hybridized carbons (Fsp3) is 0.500. The molecule has 0 radical (unpaired) electrons. The van der Waals surface area contributed by atoms with Crippen molar-refractivity contribution in [2.45, 2.75) is 6.04 Å². The van der Waals surface area contributed by atoms with Gasteiger partial charge in [0.25, 0.3) is 5.91 Å². The lowest BCUT2D eigenvalue weighted by Gasteiger charge is -1.95. The van der Waals surface area contributed by atoms with E-state index in [1.54, 1.807) is 0 Å². The molecule has 0 saturated heterocycles. The van der Waals surface area contributed by atoms with Gasteiger partial charge in [0, 0.05) is 6.54 Å². The molecule has 4 nitrogen and oxygen atoms in total. The summed E-state index contributed by atoms with van der Waals surface area (Å²) in [6.45, 7) is 0.294. The summed E-state index contributed by atoms with van der Waals surface area (Å²) in [4.78, 5) is 14.2. The van der Waals surface area contributed by atoms with Crippen LogP contribution in [0, 0.1) is 0 Å². The van der Waals surface area contributed by atoms with Crippen LogP contribution in [0.3, 0.4) is 0 Å². The fourth-order valence-corrected chi connectivity index (χ4v) is 0.523. The average Bonchev–Trinajstić information content (AvgIpc) is 2.14. The highest BCUT2D eigenvalue weighted by Crippen LogP contribution is 1.90. The van der Waals surface area contributed by atoms with Crippen molar-refractivity contribution in [3.05, 3.63) is 0 Å². The first-order valence-corrected chi connectivity index (χ1v) is 2.36. The molecule has 1 rings (SSSR count). The van der Waals surface area contributed by atoms with Crippen molar-refractivity contribution in [3.63, 3.8) is 0 Å². The Balaban J connectivity index is 2.53. The summed E-state index contributed by atoms with van der Waals surface area (Å²) >= 11 is 0. The summed E-state index contributed by atoms with van der Waals surface area (Å²) in [5, 5.41) is 2.41. The van der Waals surface area contributed by atoms with E-state index in [0.717, 1.165) is 0 Å². The largest absolute Gasteiger partial charge is 0.328 e. The van der Waals surface area contributed by atoms with E-state index in [1.807, 2.05) is 0 Å². The number of nitrogens with two attached hydrogens (primary N) is 1. The molecule has 4 heteroatoms. The van der Waals surface area contributed by atoms with E-state index < -0.39 is 0 Å². The highest BCUT2D eigenvalue weighted by molar-refractivity contribution is 5.96. The van der Waals surface area contributed by atoms with Crippen LogP contribution in [0.2, 0.25) is 0 Å². The zero-order chi connectivity index (χ0) is 5.98. The molecule has 0 saturated carbocycles. The van der Waals surface area contributed by atoms with Crippen LogP contribution in [0.15, 0.2) is 4.99 Å². The van der Waals surface area contributed by atoms with Crippen molar-refractivity contribution >= 4 is 12.2 Å². The van der Waals surface area contributed by atoms with Crippen LogP contribution in [0.25, 0.3) is 0 Å². The molecule has 0 aromatic heterocycles. The maximum Gasteiger partial charge on any atom is 0.251 e. The summed E-state index contributed by atoms with van der Waals surface area (Å²) < 4.78 is 0. The smallest absolute Gasteiger partial charge is 0.251 e. The Kier molecular flexibility index (Phi) is 1.26. The maximum absolute atomic E-state index is 10.5. The molecule has 1 heterocycles. The molecule has 44 valence electrons. The number of nitrogens with zero attached hydrogens (tertiary/aromatic N) is 1. The Bertz CT molecular complexity index is 131. The first kappa shape index (κ1) is 5.24. The van der Waals surface area contributed by atoms with E-state index in [1.165, 1.54) is 6.34 Å². The lowest BCUT2D eigenvalue weighted by atomic mass is 10.3. The second-order valence-electron chi connectivity index (χ2n) is 1.54. The fourth-order valence-electron chi connectivity index (χ4n) is 0.523. The summed E-state index contributed by atoms with van der Waals surface area (Å²) in [7, 11) is 0. The van der Waals surface area contributed by atoms with Crippen molar-refractivity contribution in [3.8, 4) is 0 Å². The van der Waals surface area contributed by atoms with Crippen LogP contribution in [0.5, 0.6) is 0 Å². The minimum absolute atomic E-state index is 0.104. The molecule has 0 bridgehead atoms. The van der Waals surface area contributed by atoms with Crippen molar-refractivity contribution in [2.75, 3.05) is 6.54 Å².